The van der Waals surface area contributed by atoms with Crippen LogP contribution in [-0.4, -0.2) is 25.4 Å². The second-order valence-electron chi connectivity index (χ2n) is 7.58. The van der Waals surface area contributed by atoms with Crippen LogP contribution in [0.3, 0.4) is 0 Å². The lowest BCUT2D eigenvalue weighted by Crippen LogP contribution is -2.18. The summed E-state index contributed by atoms with van der Waals surface area (Å²) in [5, 5.41) is 8.78. The first-order chi connectivity index (χ1) is 12.8. The molecule has 0 aliphatic heterocycles. The van der Waals surface area contributed by atoms with Crippen molar-refractivity contribution in [3.8, 4) is 0 Å². The second kappa shape index (κ2) is 9.33. The van der Waals surface area contributed by atoms with E-state index in [1.54, 1.807) is 12.1 Å². The zero-order valence-corrected chi connectivity index (χ0v) is 16.6. The maximum atomic E-state index is 12.6. The molecule has 0 spiro atoms. The van der Waals surface area contributed by atoms with Crippen molar-refractivity contribution < 1.29 is 9.59 Å². The highest BCUT2D eigenvalue weighted by Gasteiger charge is 2.15. The molecule has 27 heavy (non-hydrogen) atoms. The van der Waals surface area contributed by atoms with Crippen molar-refractivity contribution >= 4 is 23.2 Å². The molecule has 2 aromatic carbocycles. The standard InChI is InChI=1S/C22H29N3O2/c1-22(2,3)17-13-11-16(12-14-17)21(27)25-19-9-6-5-8-18(19)24-20(26)10-7-15-23-4/h5-6,8-9,11-14,23H,7,10,15H2,1-4H3,(H,24,26)(H,25,27). The minimum Gasteiger partial charge on any atom is -0.324 e. The third kappa shape index (κ3) is 6.22. The lowest BCUT2D eigenvalue weighted by atomic mass is 9.87. The van der Waals surface area contributed by atoms with E-state index in [-0.39, 0.29) is 17.2 Å². The number of nitrogens with one attached hydrogen (secondary N) is 3. The Labute approximate surface area is 161 Å². The first-order valence-corrected chi connectivity index (χ1v) is 9.26. The molecule has 0 aliphatic carbocycles. The van der Waals surface area contributed by atoms with Gasteiger partial charge in [0.1, 0.15) is 0 Å². The summed E-state index contributed by atoms with van der Waals surface area (Å²) < 4.78 is 0. The van der Waals surface area contributed by atoms with E-state index in [0.717, 1.165) is 13.0 Å². The highest BCUT2D eigenvalue weighted by molar-refractivity contribution is 6.07. The molecule has 5 nitrogen and oxygen atoms in total. The van der Waals surface area contributed by atoms with Crippen molar-refractivity contribution in [3.05, 3.63) is 59.7 Å². The molecule has 0 atom stereocenters. The zero-order chi connectivity index (χ0) is 19.9. The summed E-state index contributed by atoms with van der Waals surface area (Å²) in [6, 6.07) is 14.8. The molecule has 0 saturated carbocycles. The normalized spacial score (nSPS) is 11.1. The molecule has 2 rings (SSSR count). The predicted octanol–water partition coefficient (Wildman–Crippen LogP) is 4.17. The Hall–Kier alpha value is -2.66. The van der Waals surface area contributed by atoms with E-state index < -0.39 is 0 Å². The number of rotatable bonds is 7. The summed E-state index contributed by atoms with van der Waals surface area (Å²) in [7, 11) is 1.86. The number of carbonyl (C=O) groups is 2. The van der Waals surface area contributed by atoms with E-state index in [2.05, 4.69) is 36.7 Å². The van der Waals surface area contributed by atoms with Crippen LogP contribution in [0.4, 0.5) is 11.4 Å². The molecule has 0 unspecified atom stereocenters. The van der Waals surface area contributed by atoms with Gasteiger partial charge in [-0.25, -0.2) is 0 Å². The van der Waals surface area contributed by atoms with Gasteiger partial charge in [0.25, 0.3) is 5.91 Å². The molecular formula is C22H29N3O2. The Morgan fingerprint density at radius 3 is 2.04 bits per heavy atom. The zero-order valence-electron chi connectivity index (χ0n) is 16.6. The molecule has 0 aliphatic rings. The fourth-order valence-electron chi connectivity index (χ4n) is 2.66. The number of para-hydroxylation sites is 2. The number of hydrogen-bond donors (Lipinski definition) is 3. The van der Waals surface area contributed by atoms with E-state index >= 15 is 0 Å². The molecule has 0 aromatic heterocycles. The number of carbonyl (C=O) groups excluding carboxylic acids is 2. The van der Waals surface area contributed by atoms with Gasteiger partial charge in [-0.2, -0.15) is 0 Å². The summed E-state index contributed by atoms with van der Waals surface area (Å²) in [5.41, 5.74) is 2.99. The third-order valence-electron chi connectivity index (χ3n) is 4.29. The average molecular weight is 367 g/mol. The summed E-state index contributed by atoms with van der Waals surface area (Å²) in [6.45, 7) is 7.20. The van der Waals surface area contributed by atoms with E-state index in [4.69, 9.17) is 0 Å². The monoisotopic (exact) mass is 367 g/mol. The van der Waals surface area contributed by atoms with Crippen molar-refractivity contribution in [1.29, 1.82) is 0 Å². The van der Waals surface area contributed by atoms with E-state index in [9.17, 15) is 9.59 Å². The molecule has 5 heteroatoms. The molecule has 2 aromatic rings. The molecule has 3 N–H and O–H groups in total. The van der Waals surface area contributed by atoms with E-state index in [1.807, 2.05) is 43.4 Å². The van der Waals surface area contributed by atoms with Gasteiger partial charge in [-0.05, 0) is 55.3 Å². The van der Waals surface area contributed by atoms with Gasteiger partial charge in [-0.15, -0.1) is 0 Å². The van der Waals surface area contributed by atoms with Gasteiger partial charge in [-0.1, -0.05) is 45.0 Å². The highest BCUT2D eigenvalue weighted by atomic mass is 16.2. The van der Waals surface area contributed by atoms with Crippen LogP contribution < -0.4 is 16.0 Å². The van der Waals surface area contributed by atoms with Gasteiger partial charge in [-0.3, -0.25) is 9.59 Å². The van der Waals surface area contributed by atoms with Crippen molar-refractivity contribution in [2.45, 2.75) is 39.0 Å². The second-order valence-corrected chi connectivity index (χ2v) is 7.58. The lowest BCUT2D eigenvalue weighted by molar-refractivity contribution is -0.116. The summed E-state index contributed by atoms with van der Waals surface area (Å²) in [6.07, 6.45) is 1.19. The molecule has 0 heterocycles. The summed E-state index contributed by atoms with van der Waals surface area (Å²) in [5.74, 6) is -0.270. The van der Waals surface area contributed by atoms with Gasteiger partial charge in [0.2, 0.25) is 5.91 Å². The van der Waals surface area contributed by atoms with Gasteiger partial charge < -0.3 is 16.0 Å². The average Bonchev–Trinajstić information content (AvgIpc) is 2.63. The largest absolute Gasteiger partial charge is 0.324 e. The van der Waals surface area contributed by atoms with E-state index in [1.165, 1.54) is 5.56 Å². The van der Waals surface area contributed by atoms with Crippen LogP contribution in [0.1, 0.15) is 49.5 Å². The minimum absolute atomic E-state index is 0.0409. The van der Waals surface area contributed by atoms with Crippen LogP contribution in [0, 0.1) is 0 Å². The molecule has 0 radical (unpaired) electrons. The van der Waals surface area contributed by atoms with Crippen LogP contribution >= 0.6 is 0 Å². The quantitative estimate of drug-likeness (QED) is 0.643. The number of amides is 2. The first-order valence-electron chi connectivity index (χ1n) is 9.26. The van der Waals surface area contributed by atoms with Crippen molar-refractivity contribution in [1.82, 2.24) is 5.32 Å². The maximum Gasteiger partial charge on any atom is 0.255 e. The van der Waals surface area contributed by atoms with Gasteiger partial charge in [0, 0.05) is 12.0 Å². The van der Waals surface area contributed by atoms with E-state index in [0.29, 0.717) is 23.4 Å². The smallest absolute Gasteiger partial charge is 0.255 e. The highest BCUT2D eigenvalue weighted by Crippen LogP contribution is 2.24. The van der Waals surface area contributed by atoms with Crippen LogP contribution in [0.5, 0.6) is 0 Å². The Morgan fingerprint density at radius 1 is 0.889 bits per heavy atom. The molecule has 0 fully saturated rings. The summed E-state index contributed by atoms with van der Waals surface area (Å²) >= 11 is 0. The van der Waals surface area contributed by atoms with Crippen LogP contribution in [0.15, 0.2) is 48.5 Å². The predicted molar refractivity (Wildman–Crippen MR) is 111 cm³/mol. The Morgan fingerprint density at radius 2 is 1.48 bits per heavy atom. The number of anilines is 2. The van der Waals surface area contributed by atoms with Crippen LogP contribution in [-0.2, 0) is 10.2 Å². The number of benzene rings is 2. The van der Waals surface area contributed by atoms with Crippen molar-refractivity contribution in [3.63, 3.8) is 0 Å². The fraction of sp³-hybridized carbons (Fsp3) is 0.364. The third-order valence-corrected chi connectivity index (χ3v) is 4.29. The van der Waals surface area contributed by atoms with Gasteiger partial charge in [0.15, 0.2) is 0 Å². The molecule has 0 saturated heterocycles. The molecule has 0 bridgehead atoms. The molecule has 144 valence electrons. The Kier molecular flexibility index (Phi) is 7.13. The fourth-order valence-corrected chi connectivity index (χ4v) is 2.66. The minimum atomic E-state index is -0.202. The first kappa shape index (κ1) is 20.6. The van der Waals surface area contributed by atoms with Crippen molar-refractivity contribution in [2.75, 3.05) is 24.2 Å². The van der Waals surface area contributed by atoms with Crippen LogP contribution in [0.2, 0.25) is 0 Å². The Bertz CT molecular complexity index is 777. The molecular weight excluding hydrogens is 338 g/mol. The topological polar surface area (TPSA) is 70.2 Å². The molecule has 2 amide bonds. The Balaban J connectivity index is 2.06. The van der Waals surface area contributed by atoms with Gasteiger partial charge in [0.05, 0.1) is 11.4 Å². The van der Waals surface area contributed by atoms with Crippen LogP contribution in [0.25, 0.3) is 0 Å². The maximum absolute atomic E-state index is 12.6. The van der Waals surface area contributed by atoms with Gasteiger partial charge >= 0.3 is 0 Å². The SMILES string of the molecule is CNCCCC(=O)Nc1ccccc1NC(=O)c1ccc(C(C)(C)C)cc1. The summed E-state index contributed by atoms with van der Waals surface area (Å²) in [4.78, 5) is 24.7. The number of hydrogen-bond acceptors (Lipinski definition) is 3. The van der Waals surface area contributed by atoms with Crippen molar-refractivity contribution in [2.24, 2.45) is 0 Å². The lowest BCUT2D eigenvalue weighted by Gasteiger charge is -2.19.